The maximum Gasteiger partial charge on any atom is 0.305 e. The van der Waals surface area contributed by atoms with Crippen molar-refractivity contribution in [2.45, 2.75) is 6.42 Å². The number of nitrogens with two attached hydrogens (primary N) is 1. The molecule has 0 saturated carbocycles. The SMILES string of the molecule is NOCCOCCC(=O)O. The molecule has 0 bridgehead atoms. The molecule has 0 aliphatic rings. The molecule has 0 unspecified atom stereocenters. The van der Waals surface area contributed by atoms with Crippen molar-refractivity contribution in [2.75, 3.05) is 19.8 Å². The molecule has 0 aromatic heterocycles. The summed E-state index contributed by atoms with van der Waals surface area (Å²) in [5, 5.41) is 8.13. The molecule has 0 aromatic carbocycles. The first-order chi connectivity index (χ1) is 4.77. The van der Waals surface area contributed by atoms with E-state index in [0.717, 1.165) is 0 Å². The molecule has 0 fully saturated rings. The predicted octanol–water partition coefficient (Wildman–Crippen LogP) is -0.632. The molecule has 5 nitrogen and oxygen atoms in total. The zero-order valence-corrected chi connectivity index (χ0v) is 5.58. The van der Waals surface area contributed by atoms with Crippen LogP contribution in [0.1, 0.15) is 6.42 Å². The number of aliphatic carboxylic acids is 1. The number of hydrogen-bond donors (Lipinski definition) is 2. The van der Waals surface area contributed by atoms with Crippen LogP contribution in [0.4, 0.5) is 0 Å². The Bertz CT molecular complexity index is 95.6. The van der Waals surface area contributed by atoms with Crippen LogP contribution in [0, 0.1) is 0 Å². The van der Waals surface area contributed by atoms with Crippen LogP contribution in [0.25, 0.3) is 0 Å². The average Bonchev–Trinajstić information content (AvgIpc) is 1.87. The van der Waals surface area contributed by atoms with Gasteiger partial charge in [0.2, 0.25) is 0 Å². The molecule has 0 aliphatic heterocycles. The summed E-state index contributed by atoms with van der Waals surface area (Å²) in [6.45, 7) is 0.835. The van der Waals surface area contributed by atoms with E-state index in [1.165, 1.54) is 0 Å². The van der Waals surface area contributed by atoms with Gasteiger partial charge in [-0.05, 0) is 0 Å². The number of carboxylic acid groups (broad SMARTS) is 1. The van der Waals surface area contributed by atoms with Crippen LogP contribution in [-0.2, 0) is 14.4 Å². The molecule has 0 aromatic rings. The van der Waals surface area contributed by atoms with Gasteiger partial charge in [0.15, 0.2) is 0 Å². The minimum absolute atomic E-state index is 0.0184. The lowest BCUT2D eigenvalue weighted by atomic mass is 10.5. The van der Waals surface area contributed by atoms with Crippen molar-refractivity contribution in [3.8, 4) is 0 Å². The lowest BCUT2D eigenvalue weighted by Gasteiger charge is -1.98. The van der Waals surface area contributed by atoms with Crippen LogP contribution in [0.3, 0.4) is 0 Å². The zero-order valence-electron chi connectivity index (χ0n) is 5.58. The molecule has 0 saturated heterocycles. The molecule has 0 spiro atoms. The highest BCUT2D eigenvalue weighted by Crippen LogP contribution is 1.81. The van der Waals surface area contributed by atoms with Crippen molar-refractivity contribution in [2.24, 2.45) is 5.90 Å². The first kappa shape index (κ1) is 9.35. The Morgan fingerprint density at radius 1 is 1.40 bits per heavy atom. The summed E-state index contributed by atoms with van der Waals surface area (Å²) in [5.41, 5.74) is 0. The Hall–Kier alpha value is -0.650. The minimum atomic E-state index is -0.867. The molecule has 0 aliphatic carbocycles. The Balaban J connectivity index is 2.84. The topological polar surface area (TPSA) is 81.8 Å². The van der Waals surface area contributed by atoms with Crippen LogP contribution >= 0.6 is 0 Å². The second kappa shape index (κ2) is 6.47. The number of hydrogen-bond acceptors (Lipinski definition) is 4. The molecule has 60 valence electrons. The molecule has 0 amide bonds. The minimum Gasteiger partial charge on any atom is -0.481 e. The molecule has 5 heteroatoms. The van der Waals surface area contributed by atoms with E-state index in [2.05, 4.69) is 10.7 Å². The standard InChI is InChI=1S/C5H11NO4/c6-10-4-3-9-2-1-5(7)8/h1-4,6H2,(H,7,8). The third-order valence-corrected chi connectivity index (χ3v) is 0.806. The Kier molecular flexibility index (Phi) is 6.05. The highest BCUT2D eigenvalue weighted by molar-refractivity contribution is 5.66. The first-order valence-corrected chi connectivity index (χ1v) is 2.88. The quantitative estimate of drug-likeness (QED) is 0.388. The van der Waals surface area contributed by atoms with Gasteiger partial charge < -0.3 is 14.7 Å². The highest BCUT2D eigenvalue weighted by Gasteiger charge is 1.94. The van der Waals surface area contributed by atoms with Crippen LogP contribution in [-0.4, -0.2) is 30.9 Å². The summed E-state index contributed by atoms with van der Waals surface area (Å²) in [6.07, 6.45) is 0.0184. The molecular formula is C5H11NO4. The van der Waals surface area contributed by atoms with Crippen molar-refractivity contribution in [3.05, 3.63) is 0 Å². The molecular weight excluding hydrogens is 138 g/mol. The van der Waals surface area contributed by atoms with Crippen LogP contribution in [0.15, 0.2) is 0 Å². The summed E-state index contributed by atoms with van der Waals surface area (Å²) in [4.78, 5) is 14.1. The fourth-order valence-corrected chi connectivity index (χ4v) is 0.369. The van der Waals surface area contributed by atoms with Crippen LogP contribution < -0.4 is 5.90 Å². The van der Waals surface area contributed by atoms with Gasteiger partial charge in [-0.15, -0.1) is 0 Å². The third kappa shape index (κ3) is 7.35. The first-order valence-electron chi connectivity index (χ1n) is 2.88. The van der Waals surface area contributed by atoms with E-state index >= 15 is 0 Å². The van der Waals surface area contributed by atoms with Crippen LogP contribution in [0.2, 0.25) is 0 Å². The summed E-state index contributed by atoms with van der Waals surface area (Å²) >= 11 is 0. The van der Waals surface area contributed by atoms with Gasteiger partial charge in [0.05, 0.1) is 26.2 Å². The van der Waals surface area contributed by atoms with Gasteiger partial charge in [-0.1, -0.05) is 0 Å². The van der Waals surface area contributed by atoms with E-state index in [0.29, 0.717) is 13.2 Å². The van der Waals surface area contributed by atoms with Crippen molar-refractivity contribution >= 4 is 5.97 Å². The number of rotatable bonds is 6. The second-order valence-corrected chi connectivity index (χ2v) is 1.63. The summed E-state index contributed by atoms with van der Waals surface area (Å²) in [6, 6.07) is 0. The monoisotopic (exact) mass is 149 g/mol. The highest BCUT2D eigenvalue weighted by atomic mass is 16.6. The second-order valence-electron chi connectivity index (χ2n) is 1.63. The lowest BCUT2D eigenvalue weighted by molar-refractivity contribution is -0.138. The Morgan fingerprint density at radius 3 is 2.60 bits per heavy atom. The normalized spacial score (nSPS) is 9.70. The number of ether oxygens (including phenoxy) is 1. The van der Waals surface area contributed by atoms with E-state index in [-0.39, 0.29) is 13.0 Å². The van der Waals surface area contributed by atoms with Crippen molar-refractivity contribution < 1.29 is 19.5 Å². The van der Waals surface area contributed by atoms with E-state index in [4.69, 9.17) is 9.84 Å². The van der Waals surface area contributed by atoms with Gasteiger partial charge in [-0.2, -0.15) is 0 Å². The molecule has 0 heterocycles. The van der Waals surface area contributed by atoms with E-state index in [1.807, 2.05) is 0 Å². The number of carbonyl (C=O) groups is 1. The molecule has 10 heavy (non-hydrogen) atoms. The van der Waals surface area contributed by atoms with Crippen molar-refractivity contribution in [3.63, 3.8) is 0 Å². The summed E-state index contributed by atoms with van der Waals surface area (Å²) < 4.78 is 4.80. The molecule has 3 N–H and O–H groups in total. The third-order valence-electron chi connectivity index (χ3n) is 0.806. The van der Waals surface area contributed by atoms with Crippen LogP contribution in [0.5, 0.6) is 0 Å². The van der Waals surface area contributed by atoms with Gasteiger partial charge >= 0.3 is 5.97 Å². The van der Waals surface area contributed by atoms with Crippen molar-refractivity contribution in [1.82, 2.24) is 0 Å². The molecule has 0 rings (SSSR count). The van der Waals surface area contributed by atoms with Gasteiger partial charge in [0.25, 0.3) is 0 Å². The summed E-state index contributed by atoms with van der Waals surface area (Å²) in [7, 11) is 0. The Morgan fingerprint density at radius 2 is 2.10 bits per heavy atom. The van der Waals surface area contributed by atoms with Gasteiger partial charge in [-0.25, -0.2) is 5.90 Å². The molecule has 0 radical (unpaired) electrons. The fraction of sp³-hybridized carbons (Fsp3) is 0.800. The Labute approximate surface area is 58.7 Å². The van der Waals surface area contributed by atoms with Gasteiger partial charge in [-0.3, -0.25) is 4.79 Å². The zero-order chi connectivity index (χ0) is 7.82. The molecule has 0 atom stereocenters. The number of carboxylic acids is 1. The van der Waals surface area contributed by atoms with E-state index in [1.54, 1.807) is 0 Å². The maximum atomic E-state index is 9.90. The summed E-state index contributed by atoms with van der Waals surface area (Å²) in [5.74, 6) is 3.81. The predicted molar refractivity (Wildman–Crippen MR) is 33.2 cm³/mol. The maximum absolute atomic E-state index is 9.90. The van der Waals surface area contributed by atoms with Gasteiger partial charge in [0, 0.05) is 0 Å². The van der Waals surface area contributed by atoms with Gasteiger partial charge in [0.1, 0.15) is 0 Å². The van der Waals surface area contributed by atoms with E-state index < -0.39 is 5.97 Å². The smallest absolute Gasteiger partial charge is 0.305 e. The van der Waals surface area contributed by atoms with E-state index in [9.17, 15) is 4.79 Å². The average molecular weight is 149 g/mol. The lowest BCUT2D eigenvalue weighted by Crippen LogP contribution is -2.10. The largest absolute Gasteiger partial charge is 0.481 e. The van der Waals surface area contributed by atoms with Crippen molar-refractivity contribution in [1.29, 1.82) is 0 Å². The fourth-order valence-electron chi connectivity index (χ4n) is 0.369.